The van der Waals surface area contributed by atoms with Gasteiger partial charge in [0, 0.05) is 28.4 Å². The molecule has 176 valence electrons. The summed E-state index contributed by atoms with van der Waals surface area (Å²) < 4.78 is 7.23. The van der Waals surface area contributed by atoms with Crippen LogP contribution in [0.1, 0.15) is 32.2 Å². The standard InChI is InChI=1S/C25H25N3O5S/c1-16-13-21(17(2)26(16)11-10-18-6-8-19(33-3)9-7-18)22(29)15-28-24(31)23(30)27(25(28)32)14-20-5-4-12-34-20/h4-9,12-13H,10-11,14-15H2,1-3H3. The molecular formula is C25H25N3O5S. The molecule has 3 heterocycles. The highest BCUT2D eigenvalue weighted by Crippen LogP contribution is 2.22. The summed E-state index contributed by atoms with van der Waals surface area (Å²) in [4.78, 5) is 53.0. The molecule has 0 N–H and O–H groups in total. The number of rotatable bonds is 9. The molecule has 1 aliphatic rings. The molecule has 1 aliphatic heterocycles. The van der Waals surface area contributed by atoms with Crippen LogP contribution in [-0.4, -0.2) is 51.7 Å². The van der Waals surface area contributed by atoms with Gasteiger partial charge in [0.15, 0.2) is 5.78 Å². The lowest BCUT2D eigenvalue weighted by Gasteiger charge is -2.14. The molecule has 4 amide bonds. The van der Waals surface area contributed by atoms with E-state index in [1.807, 2.05) is 48.1 Å². The topological polar surface area (TPSA) is 88.9 Å². The highest BCUT2D eigenvalue weighted by molar-refractivity contribution is 7.09. The van der Waals surface area contributed by atoms with Crippen molar-refractivity contribution in [2.24, 2.45) is 0 Å². The molecule has 0 atom stereocenters. The second-order valence-electron chi connectivity index (χ2n) is 8.10. The quantitative estimate of drug-likeness (QED) is 0.266. The normalized spacial score (nSPS) is 13.8. The largest absolute Gasteiger partial charge is 0.497 e. The summed E-state index contributed by atoms with van der Waals surface area (Å²) in [5, 5.41) is 1.83. The van der Waals surface area contributed by atoms with Gasteiger partial charge < -0.3 is 9.30 Å². The Kier molecular flexibility index (Phi) is 6.65. The van der Waals surface area contributed by atoms with E-state index in [0.717, 1.165) is 43.8 Å². The molecule has 3 aromatic rings. The summed E-state index contributed by atoms with van der Waals surface area (Å²) >= 11 is 1.39. The number of ketones is 1. The lowest BCUT2D eigenvalue weighted by Crippen LogP contribution is -2.36. The number of imide groups is 2. The number of amides is 4. The van der Waals surface area contributed by atoms with Crippen molar-refractivity contribution in [2.45, 2.75) is 33.4 Å². The van der Waals surface area contributed by atoms with Crippen LogP contribution >= 0.6 is 11.3 Å². The Morgan fingerprint density at radius 2 is 1.71 bits per heavy atom. The lowest BCUT2D eigenvalue weighted by molar-refractivity contribution is -0.143. The second-order valence-corrected chi connectivity index (χ2v) is 9.13. The fourth-order valence-corrected chi connectivity index (χ4v) is 4.77. The number of hydrogen-bond acceptors (Lipinski definition) is 6. The maximum absolute atomic E-state index is 13.1. The van der Waals surface area contributed by atoms with Crippen molar-refractivity contribution >= 4 is 35.0 Å². The lowest BCUT2D eigenvalue weighted by atomic mass is 10.1. The average Bonchev–Trinajstić information content (AvgIpc) is 3.50. The third-order valence-corrected chi connectivity index (χ3v) is 6.85. The molecule has 1 fully saturated rings. The summed E-state index contributed by atoms with van der Waals surface area (Å²) in [5.74, 6) is -1.46. The van der Waals surface area contributed by atoms with Gasteiger partial charge in [0.25, 0.3) is 0 Å². The molecule has 0 aliphatic carbocycles. The van der Waals surface area contributed by atoms with Gasteiger partial charge in [-0.2, -0.15) is 0 Å². The van der Waals surface area contributed by atoms with Crippen LogP contribution in [0.5, 0.6) is 5.75 Å². The smallest absolute Gasteiger partial charge is 0.335 e. The van der Waals surface area contributed by atoms with Gasteiger partial charge in [-0.25, -0.2) is 9.69 Å². The number of Topliss-reactive ketones (excluding diaryl/α,β-unsaturated/α-hetero) is 1. The Balaban J connectivity index is 1.45. The fraction of sp³-hybridized carbons (Fsp3) is 0.280. The first-order valence-corrected chi connectivity index (χ1v) is 11.7. The maximum atomic E-state index is 13.1. The number of carbonyl (C=O) groups is 4. The highest BCUT2D eigenvalue weighted by atomic mass is 32.1. The van der Waals surface area contributed by atoms with Crippen molar-refractivity contribution in [3.63, 3.8) is 0 Å². The van der Waals surface area contributed by atoms with Crippen LogP contribution in [0.3, 0.4) is 0 Å². The second kappa shape index (κ2) is 9.64. The molecule has 2 aromatic heterocycles. The van der Waals surface area contributed by atoms with Gasteiger partial charge in [-0.3, -0.25) is 19.3 Å². The Bertz CT molecular complexity index is 1240. The number of thiophene rings is 1. The van der Waals surface area contributed by atoms with Crippen molar-refractivity contribution in [3.8, 4) is 5.75 Å². The Morgan fingerprint density at radius 3 is 2.35 bits per heavy atom. The first kappa shape index (κ1) is 23.4. The van der Waals surface area contributed by atoms with E-state index < -0.39 is 24.4 Å². The van der Waals surface area contributed by atoms with E-state index in [0.29, 0.717) is 12.1 Å². The SMILES string of the molecule is COc1ccc(CCn2c(C)cc(C(=O)CN3C(=O)C(=O)N(Cc4cccs4)C3=O)c2C)cc1. The molecule has 0 bridgehead atoms. The number of nitrogens with zero attached hydrogens (tertiary/aromatic N) is 3. The third-order valence-electron chi connectivity index (χ3n) is 5.99. The first-order valence-electron chi connectivity index (χ1n) is 10.8. The van der Waals surface area contributed by atoms with Gasteiger partial charge >= 0.3 is 17.8 Å². The monoisotopic (exact) mass is 479 g/mol. The molecule has 4 rings (SSSR count). The zero-order valence-corrected chi connectivity index (χ0v) is 20.1. The van der Waals surface area contributed by atoms with Crippen LogP contribution in [0.2, 0.25) is 0 Å². The zero-order valence-electron chi connectivity index (χ0n) is 19.2. The number of aryl methyl sites for hydroxylation is 2. The van der Waals surface area contributed by atoms with Gasteiger partial charge in [0.1, 0.15) is 5.75 Å². The van der Waals surface area contributed by atoms with E-state index in [2.05, 4.69) is 0 Å². The summed E-state index contributed by atoms with van der Waals surface area (Å²) in [7, 11) is 1.63. The van der Waals surface area contributed by atoms with Crippen LogP contribution in [-0.2, 0) is 29.1 Å². The number of hydrogen-bond donors (Lipinski definition) is 0. The van der Waals surface area contributed by atoms with Gasteiger partial charge in [0.2, 0.25) is 0 Å². The number of benzene rings is 1. The number of ether oxygens (including phenoxy) is 1. The molecule has 0 radical (unpaired) electrons. The predicted octanol–water partition coefficient (Wildman–Crippen LogP) is 3.59. The van der Waals surface area contributed by atoms with Crippen LogP contribution in [0.15, 0.2) is 47.8 Å². The summed E-state index contributed by atoms with van der Waals surface area (Å²) in [6.45, 7) is 3.98. The minimum atomic E-state index is -0.969. The molecule has 0 unspecified atom stereocenters. The van der Waals surface area contributed by atoms with Crippen LogP contribution in [0.4, 0.5) is 4.79 Å². The molecule has 0 spiro atoms. The molecule has 1 saturated heterocycles. The molecule has 8 nitrogen and oxygen atoms in total. The Labute approximate surface area is 201 Å². The van der Waals surface area contributed by atoms with Crippen LogP contribution in [0, 0.1) is 13.8 Å². The maximum Gasteiger partial charge on any atom is 0.335 e. The van der Waals surface area contributed by atoms with Gasteiger partial charge in [-0.1, -0.05) is 18.2 Å². The molecule has 0 saturated carbocycles. The van der Waals surface area contributed by atoms with Crippen molar-refractivity contribution in [2.75, 3.05) is 13.7 Å². The van der Waals surface area contributed by atoms with E-state index in [-0.39, 0.29) is 12.3 Å². The summed E-state index contributed by atoms with van der Waals surface area (Å²) in [6, 6.07) is 12.4. The number of urea groups is 1. The molecule has 34 heavy (non-hydrogen) atoms. The Morgan fingerprint density at radius 1 is 1.00 bits per heavy atom. The average molecular weight is 480 g/mol. The summed E-state index contributed by atoms with van der Waals surface area (Å²) in [6.07, 6.45) is 0.767. The predicted molar refractivity (Wildman–Crippen MR) is 127 cm³/mol. The minimum absolute atomic E-state index is 0.0195. The first-order chi connectivity index (χ1) is 16.3. The van der Waals surface area contributed by atoms with Crippen molar-refractivity contribution in [3.05, 3.63) is 75.2 Å². The molecule has 9 heteroatoms. The van der Waals surface area contributed by atoms with Gasteiger partial charge in [-0.15, -0.1) is 11.3 Å². The number of carbonyl (C=O) groups excluding carboxylic acids is 4. The third kappa shape index (κ3) is 4.51. The summed E-state index contributed by atoms with van der Waals surface area (Å²) in [5.41, 5.74) is 3.25. The number of aromatic nitrogens is 1. The van der Waals surface area contributed by atoms with E-state index in [4.69, 9.17) is 4.74 Å². The van der Waals surface area contributed by atoms with Gasteiger partial charge in [0.05, 0.1) is 20.2 Å². The zero-order chi connectivity index (χ0) is 24.4. The van der Waals surface area contributed by atoms with E-state index in [1.165, 1.54) is 11.3 Å². The van der Waals surface area contributed by atoms with Crippen molar-refractivity contribution in [1.82, 2.24) is 14.4 Å². The highest BCUT2D eigenvalue weighted by Gasteiger charge is 2.45. The van der Waals surface area contributed by atoms with Crippen LogP contribution in [0.25, 0.3) is 0 Å². The Hall–Kier alpha value is -3.72. The van der Waals surface area contributed by atoms with E-state index >= 15 is 0 Å². The van der Waals surface area contributed by atoms with Crippen molar-refractivity contribution < 1.29 is 23.9 Å². The number of methoxy groups -OCH3 is 1. The molecular weight excluding hydrogens is 454 g/mol. The fourth-order valence-electron chi connectivity index (χ4n) is 4.08. The van der Waals surface area contributed by atoms with Crippen LogP contribution < -0.4 is 4.74 Å². The van der Waals surface area contributed by atoms with Crippen molar-refractivity contribution in [1.29, 1.82) is 0 Å². The minimum Gasteiger partial charge on any atom is -0.497 e. The molecule has 1 aromatic carbocycles. The van der Waals surface area contributed by atoms with E-state index in [1.54, 1.807) is 25.3 Å². The van der Waals surface area contributed by atoms with Gasteiger partial charge in [-0.05, 0) is 55.5 Å². The van der Waals surface area contributed by atoms with E-state index in [9.17, 15) is 19.2 Å².